The molecule has 4 nitrogen and oxygen atoms in total. The van der Waals surface area contributed by atoms with Crippen molar-refractivity contribution in [2.75, 3.05) is 18.0 Å². The minimum atomic E-state index is -4.35. The van der Waals surface area contributed by atoms with Crippen LogP contribution >= 0.6 is 0 Å². The topological polar surface area (TPSA) is 33.4 Å². The van der Waals surface area contributed by atoms with Gasteiger partial charge in [0, 0.05) is 36.8 Å². The van der Waals surface area contributed by atoms with Gasteiger partial charge in [-0.25, -0.2) is 9.37 Å². The molecule has 0 aliphatic carbocycles. The highest BCUT2D eigenvalue weighted by Crippen LogP contribution is 2.32. The van der Waals surface area contributed by atoms with Crippen molar-refractivity contribution in [3.8, 4) is 0 Å². The number of alkyl halides is 4. The van der Waals surface area contributed by atoms with Gasteiger partial charge in [-0.05, 0) is 37.5 Å². The van der Waals surface area contributed by atoms with Crippen LogP contribution in [-0.4, -0.2) is 33.9 Å². The van der Waals surface area contributed by atoms with Crippen LogP contribution in [0.15, 0.2) is 36.4 Å². The summed E-state index contributed by atoms with van der Waals surface area (Å²) in [5, 5.41) is 4.69. The van der Waals surface area contributed by atoms with E-state index >= 15 is 0 Å². The molecule has 8 heteroatoms. The molecule has 1 aliphatic heterocycles. The molecule has 0 bridgehead atoms. The summed E-state index contributed by atoms with van der Waals surface area (Å²) < 4.78 is 53.7. The maximum Gasteiger partial charge on any atom is 0.416 e. The van der Waals surface area contributed by atoms with E-state index in [1.807, 2.05) is 26.0 Å². The molecule has 1 saturated heterocycles. The van der Waals surface area contributed by atoms with Gasteiger partial charge in [0.05, 0.1) is 11.3 Å². The fourth-order valence-electron chi connectivity index (χ4n) is 3.74. The molecule has 3 heterocycles. The van der Waals surface area contributed by atoms with Crippen molar-refractivity contribution in [1.29, 1.82) is 0 Å². The Morgan fingerprint density at radius 1 is 1.07 bits per heavy atom. The minimum absolute atomic E-state index is 0.191. The zero-order chi connectivity index (χ0) is 20.8. The Morgan fingerprint density at radius 2 is 1.72 bits per heavy atom. The van der Waals surface area contributed by atoms with Gasteiger partial charge in [-0.2, -0.15) is 22.8 Å². The van der Waals surface area contributed by atoms with Gasteiger partial charge >= 0.3 is 6.18 Å². The number of hydrogen-bond donors (Lipinski definition) is 0. The molecule has 4 rings (SSSR count). The Kier molecular flexibility index (Phi) is 4.96. The van der Waals surface area contributed by atoms with Crippen LogP contribution in [0, 0.1) is 6.92 Å². The van der Waals surface area contributed by atoms with Crippen molar-refractivity contribution in [2.24, 2.45) is 0 Å². The standard InChI is InChI=1S/C21H22F4N4/c1-13-11-20(28-9-7-17(22)8-10-28)29-19(26-13)12-18(27-29)14(2)15-3-5-16(6-4-15)21(23,24)25/h3-6,11-12,14,17H,7-10H2,1-2H3. The van der Waals surface area contributed by atoms with Gasteiger partial charge in [0.2, 0.25) is 0 Å². The zero-order valence-electron chi connectivity index (χ0n) is 16.2. The third-order valence-corrected chi connectivity index (χ3v) is 5.49. The predicted molar refractivity (Wildman–Crippen MR) is 103 cm³/mol. The maximum absolute atomic E-state index is 13.5. The number of halogens is 4. The highest BCUT2D eigenvalue weighted by atomic mass is 19.4. The SMILES string of the molecule is Cc1cc(N2CCC(F)CC2)n2nc(C(C)c3ccc(C(F)(F)F)cc3)cc2n1. The Balaban J connectivity index is 1.67. The van der Waals surface area contributed by atoms with Crippen molar-refractivity contribution in [3.05, 3.63) is 58.9 Å². The first-order valence-corrected chi connectivity index (χ1v) is 9.66. The van der Waals surface area contributed by atoms with Gasteiger partial charge in [-0.15, -0.1) is 0 Å². The summed E-state index contributed by atoms with van der Waals surface area (Å²) in [6.45, 7) is 5.04. The van der Waals surface area contributed by atoms with Crippen LogP contribution in [-0.2, 0) is 6.18 Å². The number of anilines is 1. The first-order chi connectivity index (χ1) is 13.7. The quantitative estimate of drug-likeness (QED) is 0.565. The monoisotopic (exact) mass is 406 g/mol. The van der Waals surface area contributed by atoms with Gasteiger partial charge in [0.1, 0.15) is 12.0 Å². The lowest BCUT2D eigenvalue weighted by Crippen LogP contribution is -2.35. The molecule has 3 aromatic rings. The van der Waals surface area contributed by atoms with E-state index in [1.165, 1.54) is 12.1 Å². The van der Waals surface area contributed by atoms with E-state index in [0.29, 0.717) is 31.6 Å². The number of aromatic nitrogens is 3. The zero-order valence-corrected chi connectivity index (χ0v) is 16.2. The molecule has 2 aromatic heterocycles. The van der Waals surface area contributed by atoms with E-state index in [9.17, 15) is 17.6 Å². The molecule has 1 aliphatic rings. The van der Waals surface area contributed by atoms with Crippen LogP contribution in [0.5, 0.6) is 0 Å². The fourth-order valence-corrected chi connectivity index (χ4v) is 3.74. The largest absolute Gasteiger partial charge is 0.416 e. The maximum atomic E-state index is 13.5. The average molecular weight is 406 g/mol. The van der Waals surface area contributed by atoms with Gasteiger partial charge < -0.3 is 4.90 Å². The third kappa shape index (κ3) is 3.93. The third-order valence-electron chi connectivity index (χ3n) is 5.49. The number of piperidine rings is 1. The van der Waals surface area contributed by atoms with E-state index in [-0.39, 0.29) is 5.92 Å². The van der Waals surface area contributed by atoms with E-state index in [2.05, 4.69) is 9.88 Å². The highest BCUT2D eigenvalue weighted by Gasteiger charge is 2.30. The number of rotatable bonds is 3. The smallest absolute Gasteiger partial charge is 0.356 e. The second-order valence-corrected chi connectivity index (χ2v) is 7.60. The van der Waals surface area contributed by atoms with Crippen LogP contribution < -0.4 is 4.90 Å². The summed E-state index contributed by atoms with van der Waals surface area (Å²) in [7, 11) is 0. The van der Waals surface area contributed by atoms with E-state index in [0.717, 1.165) is 34.9 Å². The van der Waals surface area contributed by atoms with Crippen LogP contribution in [0.2, 0.25) is 0 Å². The lowest BCUT2D eigenvalue weighted by molar-refractivity contribution is -0.137. The Labute approximate surface area is 166 Å². The first kappa shape index (κ1) is 19.7. The molecular weight excluding hydrogens is 384 g/mol. The molecule has 0 amide bonds. The Bertz CT molecular complexity index is 1000. The van der Waals surface area contributed by atoms with E-state index < -0.39 is 17.9 Å². The predicted octanol–water partition coefficient (Wildman–Crippen LogP) is 5.15. The first-order valence-electron chi connectivity index (χ1n) is 9.66. The van der Waals surface area contributed by atoms with Gasteiger partial charge in [-0.3, -0.25) is 0 Å². The van der Waals surface area contributed by atoms with Crippen LogP contribution in [0.3, 0.4) is 0 Å². The van der Waals surface area contributed by atoms with E-state index in [4.69, 9.17) is 5.10 Å². The van der Waals surface area contributed by atoms with Gasteiger partial charge in [0.15, 0.2) is 5.65 Å². The highest BCUT2D eigenvalue weighted by molar-refractivity contribution is 5.53. The van der Waals surface area contributed by atoms with Crippen molar-refractivity contribution in [2.45, 2.75) is 45.0 Å². The average Bonchev–Trinajstić information content (AvgIpc) is 3.10. The van der Waals surface area contributed by atoms with Crippen molar-refractivity contribution < 1.29 is 17.6 Å². The van der Waals surface area contributed by atoms with E-state index in [1.54, 1.807) is 4.52 Å². The Morgan fingerprint density at radius 3 is 2.34 bits per heavy atom. The normalized spacial score (nSPS) is 17.1. The molecule has 154 valence electrons. The van der Waals surface area contributed by atoms with Crippen LogP contribution in [0.4, 0.5) is 23.4 Å². The molecule has 1 unspecified atom stereocenters. The molecule has 0 N–H and O–H groups in total. The van der Waals surface area contributed by atoms with Crippen LogP contribution in [0.1, 0.15) is 48.2 Å². The van der Waals surface area contributed by atoms with Gasteiger partial charge in [0.25, 0.3) is 0 Å². The molecule has 29 heavy (non-hydrogen) atoms. The molecule has 0 spiro atoms. The summed E-state index contributed by atoms with van der Waals surface area (Å²) in [6.07, 6.45) is -4.15. The Hall–Kier alpha value is -2.64. The number of fused-ring (bicyclic) bond motifs is 1. The number of aryl methyl sites for hydroxylation is 1. The molecule has 1 atom stereocenters. The molecule has 0 radical (unpaired) electrons. The van der Waals surface area contributed by atoms with Crippen molar-refractivity contribution >= 4 is 11.5 Å². The summed E-state index contributed by atoms with van der Waals surface area (Å²) in [4.78, 5) is 6.65. The van der Waals surface area contributed by atoms with Crippen molar-refractivity contribution in [3.63, 3.8) is 0 Å². The molecular formula is C21H22F4N4. The number of hydrogen-bond acceptors (Lipinski definition) is 3. The summed E-state index contributed by atoms with van der Waals surface area (Å²) in [5.74, 6) is 0.675. The molecule has 1 fully saturated rings. The summed E-state index contributed by atoms with van der Waals surface area (Å²) in [6, 6.07) is 8.96. The van der Waals surface area contributed by atoms with Crippen LogP contribution in [0.25, 0.3) is 5.65 Å². The second-order valence-electron chi connectivity index (χ2n) is 7.60. The lowest BCUT2D eigenvalue weighted by atomic mass is 9.97. The molecule has 1 aromatic carbocycles. The van der Waals surface area contributed by atoms with Crippen molar-refractivity contribution in [1.82, 2.24) is 14.6 Å². The van der Waals surface area contributed by atoms with Gasteiger partial charge in [-0.1, -0.05) is 19.1 Å². The fraction of sp³-hybridized carbons (Fsp3) is 0.429. The lowest BCUT2D eigenvalue weighted by Gasteiger charge is -2.30. The second kappa shape index (κ2) is 7.31. The molecule has 0 saturated carbocycles. The summed E-state index contributed by atoms with van der Waals surface area (Å²) >= 11 is 0. The number of benzene rings is 1. The number of nitrogens with zero attached hydrogens (tertiary/aromatic N) is 4. The summed E-state index contributed by atoms with van der Waals surface area (Å²) in [5.41, 5.74) is 2.32. The minimum Gasteiger partial charge on any atom is -0.356 e.